The summed E-state index contributed by atoms with van der Waals surface area (Å²) < 4.78 is 6.61. The van der Waals surface area contributed by atoms with Crippen LogP contribution in [0.3, 0.4) is 0 Å². The normalized spacial score (nSPS) is 11.1. The Kier molecular flexibility index (Phi) is 7.84. The summed E-state index contributed by atoms with van der Waals surface area (Å²) in [6.45, 7) is 0. The van der Waals surface area contributed by atoms with E-state index in [1.807, 2.05) is 24.4 Å². The quantitative estimate of drug-likeness (QED) is 0.172. The van der Waals surface area contributed by atoms with Gasteiger partial charge in [-0.15, -0.1) is 0 Å². The highest BCUT2D eigenvalue weighted by Crippen LogP contribution is 2.39. The van der Waals surface area contributed by atoms with Gasteiger partial charge in [0.25, 0.3) is 0 Å². The first-order valence-electron chi connectivity index (χ1n) is 17.1. The van der Waals surface area contributed by atoms with Crippen LogP contribution in [0.25, 0.3) is 89.3 Å². The molecule has 0 atom stereocenters. The topological polar surface area (TPSA) is 38.9 Å². The van der Waals surface area contributed by atoms with Crippen molar-refractivity contribution in [3.63, 3.8) is 0 Å². The number of aromatic nitrogens is 2. The highest BCUT2D eigenvalue weighted by Gasteiger charge is 2.17. The Morgan fingerprint density at radius 2 is 0.804 bits per heavy atom. The van der Waals surface area contributed by atoms with Crippen LogP contribution >= 0.6 is 0 Å². The fraction of sp³-hybridized carbons (Fsp3) is 0. The summed E-state index contributed by atoms with van der Waals surface area (Å²) in [5.41, 5.74) is 16.0. The van der Waals surface area contributed by atoms with Crippen molar-refractivity contribution < 1.29 is 4.42 Å². The summed E-state index contributed by atoms with van der Waals surface area (Å²) in [6, 6.07) is 63.8. The minimum Gasteiger partial charge on any atom is -0.436 e. The lowest BCUT2D eigenvalue weighted by Gasteiger charge is -2.10. The van der Waals surface area contributed by atoms with Crippen LogP contribution in [0.15, 0.2) is 199 Å². The maximum atomic E-state index is 6.61. The standard InChI is InChI=1S/C48H32N2O/c1-3-11-33(12-4-1)37-15-7-16-38(27-37)35-22-24-36(25-23-35)48-50-47-45(42-20-9-17-39(29-42)34-13-5-2-6-14-34)30-44(31-46(47)51-48)41-19-8-18-40(28-41)43-21-10-26-49-32-43/h1-32H. The zero-order valence-corrected chi connectivity index (χ0v) is 27.8. The van der Waals surface area contributed by atoms with Gasteiger partial charge in [0.05, 0.1) is 0 Å². The average molecular weight is 653 g/mol. The molecule has 0 unspecified atom stereocenters. The van der Waals surface area contributed by atoms with E-state index in [9.17, 15) is 0 Å². The monoisotopic (exact) mass is 652 g/mol. The van der Waals surface area contributed by atoms with Crippen molar-refractivity contribution in [3.8, 4) is 78.2 Å². The molecule has 3 heteroatoms. The van der Waals surface area contributed by atoms with Crippen molar-refractivity contribution in [1.82, 2.24) is 9.97 Å². The molecule has 0 amide bonds. The molecule has 7 aromatic carbocycles. The van der Waals surface area contributed by atoms with Gasteiger partial charge < -0.3 is 4.42 Å². The molecule has 2 aromatic heterocycles. The van der Waals surface area contributed by atoms with Gasteiger partial charge in [-0.1, -0.05) is 133 Å². The van der Waals surface area contributed by atoms with Crippen molar-refractivity contribution >= 4 is 11.1 Å². The average Bonchev–Trinajstić information content (AvgIpc) is 3.66. The summed E-state index contributed by atoms with van der Waals surface area (Å²) in [5.74, 6) is 0.594. The van der Waals surface area contributed by atoms with Gasteiger partial charge in [-0.05, 0) is 104 Å². The number of benzene rings is 7. The Bertz CT molecular complexity index is 2610. The summed E-state index contributed by atoms with van der Waals surface area (Å²) in [7, 11) is 0. The van der Waals surface area contributed by atoms with E-state index in [2.05, 4.69) is 169 Å². The molecular formula is C48H32N2O. The third-order valence-electron chi connectivity index (χ3n) is 9.40. The van der Waals surface area contributed by atoms with Crippen LogP contribution in [0.4, 0.5) is 0 Å². The highest BCUT2D eigenvalue weighted by atomic mass is 16.3. The second kappa shape index (κ2) is 13.2. The number of rotatable bonds is 7. The first kappa shape index (κ1) is 30.2. The maximum Gasteiger partial charge on any atom is 0.227 e. The first-order chi connectivity index (χ1) is 25.2. The van der Waals surface area contributed by atoms with Crippen molar-refractivity contribution in [3.05, 3.63) is 194 Å². The molecule has 0 aliphatic rings. The van der Waals surface area contributed by atoms with E-state index < -0.39 is 0 Å². The molecule has 0 aliphatic heterocycles. The van der Waals surface area contributed by atoms with Crippen molar-refractivity contribution in [1.29, 1.82) is 0 Å². The summed E-state index contributed by atoms with van der Waals surface area (Å²) in [5, 5.41) is 0. The molecule has 0 N–H and O–H groups in total. The van der Waals surface area contributed by atoms with E-state index in [1.165, 1.54) is 22.3 Å². The summed E-state index contributed by atoms with van der Waals surface area (Å²) in [6.07, 6.45) is 3.70. The second-order valence-corrected chi connectivity index (χ2v) is 12.7. The Hall–Kier alpha value is -6.84. The third-order valence-corrected chi connectivity index (χ3v) is 9.40. The van der Waals surface area contributed by atoms with E-state index in [4.69, 9.17) is 9.40 Å². The number of hydrogen-bond donors (Lipinski definition) is 0. The van der Waals surface area contributed by atoms with Gasteiger partial charge in [0, 0.05) is 29.1 Å². The van der Waals surface area contributed by atoms with Crippen LogP contribution in [-0.2, 0) is 0 Å². The van der Waals surface area contributed by atoms with E-state index >= 15 is 0 Å². The summed E-state index contributed by atoms with van der Waals surface area (Å²) >= 11 is 0. The van der Waals surface area contributed by atoms with E-state index in [0.717, 1.165) is 61.2 Å². The van der Waals surface area contributed by atoms with Crippen LogP contribution in [-0.4, -0.2) is 9.97 Å². The zero-order valence-electron chi connectivity index (χ0n) is 27.8. The smallest absolute Gasteiger partial charge is 0.227 e. The lowest BCUT2D eigenvalue weighted by Crippen LogP contribution is -1.87. The Labute approximate surface area is 297 Å². The van der Waals surface area contributed by atoms with E-state index in [-0.39, 0.29) is 0 Å². The molecule has 0 saturated carbocycles. The van der Waals surface area contributed by atoms with Crippen LogP contribution in [0, 0.1) is 0 Å². The van der Waals surface area contributed by atoms with Gasteiger partial charge in [0.1, 0.15) is 5.52 Å². The molecule has 0 spiro atoms. The largest absolute Gasteiger partial charge is 0.436 e. The van der Waals surface area contributed by atoms with Crippen molar-refractivity contribution in [2.45, 2.75) is 0 Å². The van der Waals surface area contributed by atoms with E-state index in [1.54, 1.807) is 6.20 Å². The fourth-order valence-electron chi connectivity index (χ4n) is 6.76. The van der Waals surface area contributed by atoms with Gasteiger partial charge in [-0.25, -0.2) is 4.98 Å². The fourth-order valence-corrected chi connectivity index (χ4v) is 6.76. The maximum absolute atomic E-state index is 6.61. The summed E-state index contributed by atoms with van der Waals surface area (Å²) in [4.78, 5) is 9.48. The molecule has 9 aromatic rings. The Balaban J connectivity index is 1.14. The molecule has 3 nitrogen and oxygen atoms in total. The Morgan fingerprint density at radius 3 is 1.39 bits per heavy atom. The van der Waals surface area contributed by atoms with Crippen LogP contribution in [0.5, 0.6) is 0 Å². The van der Waals surface area contributed by atoms with Crippen LogP contribution < -0.4 is 0 Å². The van der Waals surface area contributed by atoms with Gasteiger partial charge >= 0.3 is 0 Å². The lowest BCUT2D eigenvalue weighted by molar-refractivity contribution is 0.620. The van der Waals surface area contributed by atoms with Crippen molar-refractivity contribution in [2.75, 3.05) is 0 Å². The van der Waals surface area contributed by atoms with Crippen LogP contribution in [0.2, 0.25) is 0 Å². The van der Waals surface area contributed by atoms with Gasteiger partial charge in [-0.2, -0.15) is 0 Å². The predicted molar refractivity (Wildman–Crippen MR) is 210 cm³/mol. The number of pyridine rings is 1. The van der Waals surface area contributed by atoms with Gasteiger partial charge in [-0.3, -0.25) is 4.98 Å². The molecule has 2 heterocycles. The first-order valence-corrected chi connectivity index (χ1v) is 17.1. The minimum atomic E-state index is 0.594. The predicted octanol–water partition coefficient (Wildman–Crippen LogP) is 12.9. The zero-order chi connectivity index (χ0) is 34.0. The molecule has 0 fully saturated rings. The number of oxazole rings is 1. The molecule has 0 saturated heterocycles. The SMILES string of the molecule is c1ccc(-c2cccc(-c3ccc(-c4nc5c(-c6cccc(-c7ccccc7)c6)cc(-c6cccc(-c7cccnc7)c6)cc5o4)cc3)c2)cc1. The third kappa shape index (κ3) is 6.14. The van der Waals surface area contributed by atoms with Gasteiger partial charge in [0.2, 0.25) is 5.89 Å². The Morgan fingerprint density at radius 1 is 0.333 bits per heavy atom. The molecule has 51 heavy (non-hydrogen) atoms. The second-order valence-electron chi connectivity index (χ2n) is 12.7. The molecule has 0 radical (unpaired) electrons. The van der Waals surface area contributed by atoms with Crippen molar-refractivity contribution in [2.24, 2.45) is 0 Å². The molecule has 9 rings (SSSR count). The number of nitrogens with zero attached hydrogens (tertiary/aromatic N) is 2. The highest BCUT2D eigenvalue weighted by molar-refractivity contribution is 5.97. The van der Waals surface area contributed by atoms with Gasteiger partial charge in [0.15, 0.2) is 5.58 Å². The number of hydrogen-bond acceptors (Lipinski definition) is 3. The molecule has 0 bridgehead atoms. The molecular weight excluding hydrogens is 621 g/mol. The van der Waals surface area contributed by atoms with Crippen LogP contribution in [0.1, 0.15) is 0 Å². The molecule has 240 valence electrons. The number of fused-ring (bicyclic) bond motifs is 1. The molecule has 0 aliphatic carbocycles. The minimum absolute atomic E-state index is 0.594. The lowest BCUT2D eigenvalue weighted by atomic mass is 9.94. The van der Waals surface area contributed by atoms with E-state index in [0.29, 0.717) is 5.89 Å².